The van der Waals surface area contributed by atoms with Crippen molar-refractivity contribution in [3.05, 3.63) is 70.2 Å². The molecule has 1 aromatic carbocycles. The Bertz CT molecular complexity index is 1270. The molecule has 38 heavy (non-hydrogen) atoms. The molecule has 0 aliphatic carbocycles. The highest BCUT2D eigenvalue weighted by Crippen LogP contribution is 2.54. The zero-order valence-corrected chi connectivity index (χ0v) is 23.7. The molecule has 0 unspecified atom stereocenters. The zero-order chi connectivity index (χ0) is 27.7. The lowest BCUT2D eigenvalue weighted by molar-refractivity contribution is -0.150. The van der Waals surface area contributed by atoms with Gasteiger partial charge in [-0.2, -0.15) is 0 Å². The van der Waals surface area contributed by atoms with Gasteiger partial charge in [-0.25, -0.2) is 9.78 Å². The number of carboxylic acid groups (broad SMARTS) is 1. The van der Waals surface area contributed by atoms with Crippen LogP contribution in [0.1, 0.15) is 93.0 Å². The van der Waals surface area contributed by atoms with Crippen molar-refractivity contribution in [2.24, 2.45) is 5.92 Å². The Morgan fingerprint density at radius 1 is 1.21 bits per heavy atom. The predicted molar refractivity (Wildman–Crippen MR) is 147 cm³/mol. The van der Waals surface area contributed by atoms with E-state index in [9.17, 15) is 14.7 Å². The van der Waals surface area contributed by atoms with Crippen molar-refractivity contribution in [2.45, 2.75) is 77.3 Å². The third-order valence-corrected chi connectivity index (χ3v) is 7.89. The summed E-state index contributed by atoms with van der Waals surface area (Å²) in [6.07, 6.45) is 7.05. The summed E-state index contributed by atoms with van der Waals surface area (Å²) in [4.78, 5) is 42.6. The van der Waals surface area contributed by atoms with Gasteiger partial charge in [-0.15, -0.1) is 11.3 Å². The largest absolute Gasteiger partial charge is 0.494 e. The molecule has 1 aliphatic rings. The fourth-order valence-electron chi connectivity index (χ4n) is 5.60. The molecule has 202 valence electrons. The van der Waals surface area contributed by atoms with E-state index in [0.29, 0.717) is 35.0 Å². The second-order valence-electron chi connectivity index (χ2n) is 11.3. The summed E-state index contributed by atoms with van der Waals surface area (Å²) >= 11 is 1.41. The van der Waals surface area contributed by atoms with E-state index in [1.54, 1.807) is 41.8 Å². The number of amides is 1. The Kier molecular flexibility index (Phi) is 7.88. The Balaban J connectivity index is 1.92. The van der Waals surface area contributed by atoms with E-state index in [1.165, 1.54) is 11.3 Å². The van der Waals surface area contributed by atoms with Gasteiger partial charge in [0, 0.05) is 41.6 Å². The van der Waals surface area contributed by atoms with Crippen LogP contribution in [-0.2, 0) is 10.2 Å². The molecule has 2 aromatic heterocycles. The highest BCUT2D eigenvalue weighted by atomic mass is 32.1. The molecule has 0 radical (unpaired) electrons. The van der Waals surface area contributed by atoms with Crippen LogP contribution in [0.3, 0.4) is 0 Å². The maximum Gasteiger partial charge on any atom is 0.329 e. The normalized spacial score (nSPS) is 21.6. The monoisotopic (exact) mass is 536 g/mol. The van der Waals surface area contributed by atoms with Crippen LogP contribution in [0.4, 0.5) is 0 Å². The standard InChI is InChI=1S/C29H36N4O4S/c1-7-37-23-14-19(8-9-21(23)28(4,5)6)26(34)33-24(25-32-12-13-38-25)20(22-17-30-10-11-31-22)16-29(33,27(35)36)15-18(2)3/h8-14,17-18,20,24H,7,15-16H2,1-6H3,(H,35,36)/t20-,24-,29+/m1/s1. The summed E-state index contributed by atoms with van der Waals surface area (Å²) in [6, 6.07) is 4.84. The van der Waals surface area contributed by atoms with E-state index in [-0.39, 0.29) is 29.6 Å². The van der Waals surface area contributed by atoms with E-state index < -0.39 is 17.6 Å². The van der Waals surface area contributed by atoms with Gasteiger partial charge in [-0.1, -0.05) is 40.7 Å². The number of hydrogen-bond acceptors (Lipinski definition) is 7. The summed E-state index contributed by atoms with van der Waals surface area (Å²) in [7, 11) is 0. The average Bonchev–Trinajstić information content (AvgIpc) is 3.50. The first-order valence-corrected chi connectivity index (χ1v) is 13.9. The van der Waals surface area contributed by atoms with Gasteiger partial charge in [0.15, 0.2) is 0 Å². The third kappa shape index (κ3) is 5.16. The number of aliphatic carboxylic acids is 1. The van der Waals surface area contributed by atoms with Crippen molar-refractivity contribution >= 4 is 23.2 Å². The van der Waals surface area contributed by atoms with Gasteiger partial charge in [-0.05, 0) is 48.8 Å². The molecule has 8 nitrogen and oxygen atoms in total. The number of rotatable bonds is 8. The lowest BCUT2D eigenvalue weighted by atomic mass is 9.82. The molecular formula is C29H36N4O4S. The number of thiazole rings is 1. The predicted octanol–water partition coefficient (Wildman–Crippen LogP) is 5.87. The summed E-state index contributed by atoms with van der Waals surface area (Å²) in [5, 5.41) is 13.3. The number of carbonyl (C=O) groups is 2. The Hall–Kier alpha value is -3.33. The number of benzene rings is 1. The van der Waals surface area contributed by atoms with Crippen molar-refractivity contribution in [2.75, 3.05) is 6.61 Å². The molecule has 1 saturated heterocycles. The van der Waals surface area contributed by atoms with E-state index in [2.05, 4.69) is 35.7 Å². The maximum atomic E-state index is 14.5. The van der Waals surface area contributed by atoms with Gasteiger partial charge in [0.05, 0.1) is 18.3 Å². The minimum Gasteiger partial charge on any atom is -0.494 e. The van der Waals surface area contributed by atoms with E-state index in [0.717, 1.165) is 5.56 Å². The third-order valence-electron chi connectivity index (χ3n) is 7.04. The van der Waals surface area contributed by atoms with Crippen molar-refractivity contribution in [3.8, 4) is 5.75 Å². The van der Waals surface area contributed by atoms with Crippen LogP contribution in [0.15, 0.2) is 48.4 Å². The van der Waals surface area contributed by atoms with Crippen LogP contribution in [0.2, 0.25) is 0 Å². The van der Waals surface area contributed by atoms with Gasteiger partial charge in [0.2, 0.25) is 0 Å². The number of ether oxygens (including phenoxy) is 1. The quantitative estimate of drug-likeness (QED) is 0.384. The Morgan fingerprint density at radius 3 is 2.53 bits per heavy atom. The Labute approximate surface area is 228 Å². The number of aromatic nitrogens is 3. The summed E-state index contributed by atoms with van der Waals surface area (Å²) < 4.78 is 5.95. The smallest absolute Gasteiger partial charge is 0.329 e. The average molecular weight is 537 g/mol. The van der Waals surface area contributed by atoms with Crippen LogP contribution in [-0.4, -0.2) is 49.0 Å². The fourth-order valence-corrected chi connectivity index (χ4v) is 6.39. The lowest BCUT2D eigenvalue weighted by Gasteiger charge is -2.39. The highest BCUT2D eigenvalue weighted by Gasteiger charge is 2.60. The van der Waals surface area contributed by atoms with Crippen LogP contribution in [0.25, 0.3) is 0 Å². The first-order chi connectivity index (χ1) is 18.0. The molecule has 1 N–H and O–H groups in total. The molecule has 1 amide bonds. The fraction of sp³-hybridized carbons (Fsp3) is 0.483. The van der Waals surface area contributed by atoms with Crippen LogP contribution in [0.5, 0.6) is 5.75 Å². The Morgan fingerprint density at radius 2 is 1.97 bits per heavy atom. The maximum absolute atomic E-state index is 14.5. The number of carbonyl (C=O) groups excluding carboxylic acids is 1. The first kappa shape index (κ1) is 27.7. The molecular weight excluding hydrogens is 500 g/mol. The molecule has 9 heteroatoms. The molecule has 4 rings (SSSR count). The van der Waals surface area contributed by atoms with Gasteiger partial charge in [0.1, 0.15) is 16.3 Å². The molecule has 3 aromatic rings. The van der Waals surface area contributed by atoms with E-state index in [1.807, 2.05) is 32.2 Å². The van der Waals surface area contributed by atoms with Crippen molar-refractivity contribution in [1.29, 1.82) is 0 Å². The van der Waals surface area contributed by atoms with Gasteiger partial charge in [-0.3, -0.25) is 14.8 Å². The number of hydrogen-bond donors (Lipinski definition) is 1. The topological polar surface area (TPSA) is 106 Å². The van der Waals surface area contributed by atoms with Gasteiger partial charge < -0.3 is 14.7 Å². The van der Waals surface area contributed by atoms with E-state index >= 15 is 0 Å². The van der Waals surface area contributed by atoms with Gasteiger partial charge >= 0.3 is 5.97 Å². The minimum atomic E-state index is -1.45. The number of nitrogens with zero attached hydrogens (tertiary/aromatic N) is 4. The molecule has 1 fully saturated rings. The number of carboxylic acids is 1. The summed E-state index contributed by atoms with van der Waals surface area (Å²) in [6.45, 7) is 12.6. The van der Waals surface area contributed by atoms with Crippen LogP contribution < -0.4 is 4.74 Å². The van der Waals surface area contributed by atoms with Crippen LogP contribution in [0, 0.1) is 5.92 Å². The summed E-state index contributed by atoms with van der Waals surface area (Å²) in [5.74, 6) is -1.11. The summed E-state index contributed by atoms with van der Waals surface area (Å²) in [5.41, 5.74) is 0.381. The number of likely N-dealkylation sites (tertiary alicyclic amines) is 1. The molecule has 0 bridgehead atoms. The van der Waals surface area contributed by atoms with Crippen molar-refractivity contribution in [3.63, 3.8) is 0 Å². The van der Waals surface area contributed by atoms with Crippen LogP contribution >= 0.6 is 11.3 Å². The first-order valence-electron chi connectivity index (χ1n) is 13.0. The SMILES string of the molecule is CCOc1cc(C(=O)N2[C@@H](c3nccs3)[C@@H](c3cnccn3)C[C@@]2(CC(C)C)C(=O)O)ccc1C(C)(C)C. The highest BCUT2D eigenvalue weighted by molar-refractivity contribution is 7.09. The van der Waals surface area contributed by atoms with Crippen molar-refractivity contribution in [1.82, 2.24) is 19.9 Å². The molecule has 0 saturated carbocycles. The van der Waals surface area contributed by atoms with E-state index in [4.69, 9.17) is 4.74 Å². The molecule has 0 spiro atoms. The molecule has 3 atom stereocenters. The second-order valence-corrected chi connectivity index (χ2v) is 12.2. The molecule has 3 heterocycles. The van der Waals surface area contributed by atoms with Crippen molar-refractivity contribution < 1.29 is 19.4 Å². The second kappa shape index (κ2) is 10.8. The van der Waals surface area contributed by atoms with Gasteiger partial charge in [0.25, 0.3) is 5.91 Å². The molecule has 1 aliphatic heterocycles. The minimum absolute atomic E-state index is 0.0289. The zero-order valence-electron chi connectivity index (χ0n) is 22.8. The lowest BCUT2D eigenvalue weighted by Crippen LogP contribution is -2.54.